The molecular weight excluding hydrogens is 216 g/mol. The van der Waals surface area contributed by atoms with E-state index in [4.69, 9.17) is 0 Å². The minimum Gasteiger partial charge on any atom is -0.323 e. The topological polar surface area (TPSA) is 66.5 Å². The highest BCUT2D eigenvalue weighted by atomic mass is 32.2. The number of amides is 2. The second-order valence-corrected chi connectivity index (χ2v) is 5.03. The fraction of sp³-hybridized carbons (Fsp3) is 0.222. The van der Waals surface area contributed by atoms with Gasteiger partial charge in [0.15, 0.2) is 0 Å². The van der Waals surface area contributed by atoms with Gasteiger partial charge in [-0.3, -0.25) is 0 Å². The first kappa shape index (κ1) is 9.97. The van der Waals surface area contributed by atoms with Crippen molar-refractivity contribution in [3.8, 4) is 0 Å². The van der Waals surface area contributed by atoms with E-state index in [0.29, 0.717) is 12.1 Å². The van der Waals surface area contributed by atoms with E-state index in [2.05, 4.69) is 0 Å². The monoisotopic (exact) mass is 226 g/mol. The Balaban J connectivity index is 2.63. The number of sulfonamides is 1. The molecule has 2 rings (SSSR count). The van der Waals surface area contributed by atoms with Crippen molar-refractivity contribution < 1.29 is 13.2 Å². The second-order valence-electron chi connectivity index (χ2n) is 3.37. The SMILES string of the molecule is CN1Cc2ccccc2S(=O)(=O)NC1=O. The molecule has 1 aliphatic heterocycles. The predicted molar refractivity (Wildman–Crippen MR) is 53.6 cm³/mol. The molecule has 0 fully saturated rings. The van der Waals surface area contributed by atoms with Gasteiger partial charge in [0.1, 0.15) is 0 Å². The zero-order valence-electron chi connectivity index (χ0n) is 8.10. The van der Waals surface area contributed by atoms with Gasteiger partial charge in [0.25, 0.3) is 10.0 Å². The summed E-state index contributed by atoms with van der Waals surface area (Å²) in [5.41, 5.74) is 0.623. The number of hydrogen-bond donors (Lipinski definition) is 1. The van der Waals surface area contributed by atoms with Crippen molar-refractivity contribution in [3.05, 3.63) is 29.8 Å². The Hall–Kier alpha value is -1.56. The van der Waals surface area contributed by atoms with Gasteiger partial charge in [-0.05, 0) is 11.6 Å². The summed E-state index contributed by atoms with van der Waals surface area (Å²) in [4.78, 5) is 12.8. The number of carbonyl (C=O) groups excluding carboxylic acids is 1. The van der Waals surface area contributed by atoms with Gasteiger partial charge in [-0.2, -0.15) is 0 Å². The molecule has 1 N–H and O–H groups in total. The molecule has 0 saturated heterocycles. The fourth-order valence-corrected chi connectivity index (χ4v) is 2.70. The molecule has 1 aromatic carbocycles. The van der Waals surface area contributed by atoms with Crippen LogP contribution in [0, 0.1) is 0 Å². The summed E-state index contributed by atoms with van der Waals surface area (Å²) in [6.45, 7) is 0.293. The molecule has 0 radical (unpaired) electrons. The summed E-state index contributed by atoms with van der Waals surface area (Å²) >= 11 is 0. The van der Waals surface area contributed by atoms with Crippen LogP contribution in [0.3, 0.4) is 0 Å². The molecule has 0 aliphatic carbocycles. The third-order valence-electron chi connectivity index (χ3n) is 2.24. The van der Waals surface area contributed by atoms with Gasteiger partial charge in [-0.15, -0.1) is 0 Å². The van der Waals surface area contributed by atoms with Crippen molar-refractivity contribution in [1.29, 1.82) is 0 Å². The number of carbonyl (C=O) groups is 1. The smallest absolute Gasteiger partial charge is 0.323 e. The molecule has 0 bridgehead atoms. The fourth-order valence-electron chi connectivity index (χ4n) is 1.47. The second kappa shape index (κ2) is 3.23. The summed E-state index contributed by atoms with van der Waals surface area (Å²) in [7, 11) is -2.15. The highest BCUT2D eigenvalue weighted by molar-refractivity contribution is 7.90. The highest BCUT2D eigenvalue weighted by Gasteiger charge is 2.27. The number of rotatable bonds is 0. The Kier molecular flexibility index (Phi) is 2.15. The van der Waals surface area contributed by atoms with Gasteiger partial charge in [-0.1, -0.05) is 18.2 Å². The number of nitrogens with one attached hydrogen (secondary N) is 1. The summed E-state index contributed by atoms with van der Waals surface area (Å²) in [6.07, 6.45) is 0. The first-order valence-electron chi connectivity index (χ1n) is 4.36. The Morgan fingerprint density at radius 2 is 2.00 bits per heavy atom. The lowest BCUT2D eigenvalue weighted by Crippen LogP contribution is -2.37. The Morgan fingerprint density at radius 1 is 1.33 bits per heavy atom. The lowest BCUT2D eigenvalue weighted by molar-refractivity contribution is 0.213. The molecule has 6 heteroatoms. The van der Waals surface area contributed by atoms with E-state index in [-0.39, 0.29) is 4.90 Å². The molecule has 5 nitrogen and oxygen atoms in total. The van der Waals surface area contributed by atoms with Crippen LogP contribution in [0.25, 0.3) is 0 Å². The van der Waals surface area contributed by atoms with E-state index in [1.807, 2.05) is 4.72 Å². The lowest BCUT2D eigenvalue weighted by Gasteiger charge is -2.12. The molecule has 15 heavy (non-hydrogen) atoms. The number of urea groups is 1. The first-order chi connectivity index (χ1) is 7.00. The van der Waals surface area contributed by atoms with Gasteiger partial charge in [-0.25, -0.2) is 17.9 Å². The van der Waals surface area contributed by atoms with Crippen molar-refractivity contribution >= 4 is 16.1 Å². The van der Waals surface area contributed by atoms with E-state index in [1.165, 1.54) is 11.0 Å². The van der Waals surface area contributed by atoms with Crippen LogP contribution in [0.1, 0.15) is 5.56 Å². The normalized spacial score (nSPS) is 19.0. The molecule has 80 valence electrons. The minimum atomic E-state index is -3.70. The van der Waals surface area contributed by atoms with Crippen molar-refractivity contribution in [1.82, 2.24) is 9.62 Å². The number of fused-ring (bicyclic) bond motifs is 1. The first-order valence-corrected chi connectivity index (χ1v) is 5.85. The zero-order chi connectivity index (χ0) is 11.1. The number of benzene rings is 1. The standard InChI is InChI=1S/C9H10N2O3S/c1-11-6-7-4-2-3-5-8(7)15(13,14)10-9(11)12/h2-5H,6H2,1H3,(H,10,12). The minimum absolute atomic E-state index is 0.169. The maximum absolute atomic E-state index is 11.7. The van der Waals surface area contributed by atoms with Gasteiger partial charge >= 0.3 is 6.03 Å². The van der Waals surface area contributed by atoms with Crippen molar-refractivity contribution in [3.63, 3.8) is 0 Å². The van der Waals surface area contributed by atoms with E-state index < -0.39 is 16.1 Å². The molecule has 1 aliphatic rings. The molecule has 0 unspecified atom stereocenters. The summed E-state index contributed by atoms with van der Waals surface area (Å²) in [6, 6.07) is 5.96. The molecular formula is C9H10N2O3S. The maximum Gasteiger partial charge on any atom is 0.331 e. The van der Waals surface area contributed by atoms with Crippen LogP contribution in [0.4, 0.5) is 4.79 Å². The van der Waals surface area contributed by atoms with Gasteiger partial charge in [0.05, 0.1) is 4.90 Å². The van der Waals surface area contributed by atoms with Crippen LogP contribution < -0.4 is 4.72 Å². The molecule has 0 aromatic heterocycles. The highest BCUT2D eigenvalue weighted by Crippen LogP contribution is 2.19. The average molecular weight is 226 g/mol. The summed E-state index contributed by atoms with van der Waals surface area (Å²) in [5.74, 6) is 0. The Labute approximate surface area is 87.8 Å². The van der Waals surface area contributed by atoms with Gasteiger partial charge < -0.3 is 4.90 Å². The van der Waals surface area contributed by atoms with E-state index >= 15 is 0 Å². The molecule has 0 spiro atoms. The molecule has 1 heterocycles. The number of hydrogen-bond acceptors (Lipinski definition) is 3. The van der Waals surface area contributed by atoms with Crippen LogP contribution >= 0.6 is 0 Å². The third-order valence-corrected chi connectivity index (χ3v) is 3.66. The predicted octanol–water partition coefficient (Wildman–Crippen LogP) is 0.530. The summed E-state index contributed by atoms with van der Waals surface area (Å²) in [5, 5.41) is 0. The maximum atomic E-state index is 11.7. The quantitative estimate of drug-likeness (QED) is 0.701. The van der Waals surface area contributed by atoms with Crippen LogP contribution in [0.5, 0.6) is 0 Å². The largest absolute Gasteiger partial charge is 0.331 e. The van der Waals surface area contributed by atoms with Gasteiger partial charge in [0.2, 0.25) is 0 Å². The zero-order valence-corrected chi connectivity index (χ0v) is 8.91. The lowest BCUT2D eigenvalue weighted by atomic mass is 10.2. The van der Waals surface area contributed by atoms with Gasteiger partial charge in [0, 0.05) is 13.6 Å². The molecule has 2 amide bonds. The van der Waals surface area contributed by atoms with E-state index in [1.54, 1.807) is 25.2 Å². The average Bonchev–Trinajstić information content (AvgIpc) is 2.24. The summed E-state index contributed by atoms with van der Waals surface area (Å²) < 4.78 is 25.4. The van der Waals surface area contributed by atoms with E-state index in [9.17, 15) is 13.2 Å². The van der Waals surface area contributed by atoms with Crippen LogP contribution in [-0.4, -0.2) is 26.4 Å². The Bertz CT molecular complexity index is 510. The third kappa shape index (κ3) is 1.68. The van der Waals surface area contributed by atoms with Crippen LogP contribution in [0.15, 0.2) is 29.2 Å². The van der Waals surface area contributed by atoms with Crippen molar-refractivity contribution in [2.75, 3.05) is 7.05 Å². The van der Waals surface area contributed by atoms with Crippen LogP contribution in [0.2, 0.25) is 0 Å². The molecule has 0 saturated carbocycles. The van der Waals surface area contributed by atoms with Crippen molar-refractivity contribution in [2.24, 2.45) is 0 Å². The van der Waals surface area contributed by atoms with Crippen LogP contribution in [-0.2, 0) is 16.6 Å². The number of nitrogens with zero attached hydrogens (tertiary/aromatic N) is 1. The molecule has 1 aromatic rings. The molecule has 0 atom stereocenters. The van der Waals surface area contributed by atoms with Crippen molar-refractivity contribution in [2.45, 2.75) is 11.4 Å². The van der Waals surface area contributed by atoms with E-state index in [0.717, 1.165) is 0 Å². The Morgan fingerprint density at radius 3 is 2.73 bits per heavy atom.